The predicted octanol–water partition coefficient (Wildman–Crippen LogP) is 2.72. The van der Waals surface area contributed by atoms with Gasteiger partial charge in [0, 0.05) is 25.7 Å². The number of amides is 1. The number of nitrogens with zero attached hydrogens (tertiary/aromatic N) is 2. The summed E-state index contributed by atoms with van der Waals surface area (Å²) in [6.07, 6.45) is -1.00. The zero-order valence-corrected chi connectivity index (χ0v) is 14.2. The van der Waals surface area contributed by atoms with Crippen LogP contribution in [0.3, 0.4) is 0 Å². The third-order valence-corrected chi connectivity index (χ3v) is 3.09. The van der Waals surface area contributed by atoms with E-state index in [4.69, 9.17) is 15.0 Å². The molecule has 0 radical (unpaired) electrons. The van der Waals surface area contributed by atoms with Gasteiger partial charge in [-0.05, 0) is 18.2 Å². The van der Waals surface area contributed by atoms with Crippen molar-refractivity contribution < 1.29 is 37.8 Å². The highest BCUT2D eigenvalue weighted by atomic mass is 19.4. The van der Waals surface area contributed by atoms with Gasteiger partial charge in [-0.25, -0.2) is 14.6 Å². The number of carboxylic acid groups (broad SMARTS) is 2. The molecule has 2 aromatic rings. The smallest absolute Gasteiger partial charge is 0.478 e. The van der Waals surface area contributed by atoms with Crippen LogP contribution in [0.4, 0.5) is 18.9 Å². The van der Waals surface area contributed by atoms with Crippen molar-refractivity contribution in [2.24, 2.45) is 0 Å². The lowest BCUT2D eigenvalue weighted by Crippen LogP contribution is -2.21. The lowest BCUT2D eigenvalue weighted by atomic mass is 10.1. The predicted molar refractivity (Wildman–Crippen MR) is 87.9 cm³/mol. The molecule has 2 rings (SSSR count). The van der Waals surface area contributed by atoms with Crippen LogP contribution in [0, 0.1) is 0 Å². The number of carbonyl (C=O) groups is 3. The van der Waals surface area contributed by atoms with Crippen molar-refractivity contribution in [3.05, 3.63) is 42.0 Å². The number of alkyl halides is 3. The lowest BCUT2D eigenvalue weighted by Gasteiger charge is -2.13. The van der Waals surface area contributed by atoms with Gasteiger partial charge in [0.2, 0.25) is 5.91 Å². The fourth-order valence-electron chi connectivity index (χ4n) is 1.97. The van der Waals surface area contributed by atoms with Gasteiger partial charge >= 0.3 is 18.1 Å². The Kier molecular flexibility index (Phi) is 7.09. The number of carbonyl (C=O) groups excluding carboxylic acids is 1. The van der Waals surface area contributed by atoms with Crippen LogP contribution in [0.1, 0.15) is 30.0 Å². The minimum Gasteiger partial charge on any atom is -0.478 e. The van der Waals surface area contributed by atoms with E-state index in [1.165, 1.54) is 19.1 Å². The summed E-state index contributed by atoms with van der Waals surface area (Å²) in [6.45, 7) is 3.36. The third kappa shape index (κ3) is 6.13. The molecular formula is C16H16F3N3O5. The van der Waals surface area contributed by atoms with Crippen molar-refractivity contribution in [3.63, 3.8) is 0 Å². The second-order valence-electron chi connectivity index (χ2n) is 5.09. The van der Waals surface area contributed by atoms with E-state index in [1.54, 1.807) is 23.0 Å². The standard InChI is InChI=1S/C14H15N3O3.C2HF3O2/c1-3-13-15-6-7-17(13)12-8-10(14(19)20)4-5-11(12)16-9(2)18;3-2(4,5)1(6)7/h4-8H,3H2,1-2H3,(H,16,18)(H,19,20);(H,6,7). The molecule has 0 spiro atoms. The maximum atomic E-state index is 11.3. The van der Waals surface area contributed by atoms with Crippen LogP contribution in [0.5, 0.6) is 0 Å². The molecule has 8 nitrogen and oxygen atoms in total. The molecule has 27 heavy (non-hydrogen) atoms. The van der Waals surface area contributed by atoms with Crippen molar-refractivity contribution in [3.8, 4) is 5.69 Å². The maximum absolute atomic E-state index is 11.3. The number of aromatic nitrogens is 2. The molecule has 0 aliphatic heterocycles. The molecule has 11 heteroatoms. The second kappa shape index (κ2) is 8.83. The van der Waals surface area contributed by atoms with Gasteiger partial charge in [-0.3, -0.25) is 4.79 Å². The Balaban J connectivity index is 0.000000445. The Labute approximate surface area is 151 Å². The van der Waals surface area contributed by atoms with E-state index >= 15 is 0 Å². The van der Waals surface area contributed by atoms with Crippen LogP contribution < -0.4 is 5.32 Å². The summed E-state index contributed by atoms with van der Waals surface area (Å²) in [5.41, 5.74) is 1.30. The van der Waals surface area contributed by atoms with Crippen LogP contribution in [0.15, 0.2) is 30.6 Å². The van der Waals surface area contributed by atoms with Gasteiger partial charge in [-0.2, -0.15) is 13.2 Å². The first kappa shape index (κ1) is 21.7. The molecule has 1 aromatic carbocycles. The van der Waals surface area contributed by atoms with E-state index in [0.29, 0.717) is 17.8 Å². The number of aromatic carboxylic acids is 1. The first-order valence-electron chi connectivity index (χ1n) is 7.45. The Morgan fingerprint density at radius 1 is 1.22 bits per heavy atom. The second-order valence-corrected chi connectivity index (χ2v) is 5.09. The summed E-state index contributed by atoms with van der Waals surface area (Å²) in [5.74, 6) is -3.20. The van der Waals surface area contributed by atoms with Crippen molar-refractivity contribution in [2.45, 2.75) is 26.4 Å². The van der Waals surface area contributed by atoms with Gasteiger partial charge in [0.15, 0.2) is 0 Å². The number of halogens is 3. The van der Waals surface area contributed by atoms with Crippen LogP contribution in [0.2, 0.25) is 0 Å². The molecule has 0 saturated carbocycles. The Morgan fingerprint density at radius 2 is 1.81 bits per heavy atom. The Morgan fingerprint density at radius 3 is 2.26 bits per heavy atom. The van der Waals surface area contributed by atoms with E-state index in [9.17, 15) is 22.8 Å². The minimum absolute atomic E-state index is 0.157. The molecule has 3 N–H and O–H groups in total. The molecule has 0 aliphatic carbocycles. The highest BCUT2D eigenvalue weighted by Gasteiger charge is 2.38. The van der Waals surface area contributed by atoms with Crippen molar-refractivity contribution in [2.75, 3.05) is 5.32 Å². The van der Waals surface area contributed by atoms with Crippen molar-refractivity contribution in [1.82, 2.24) is 9.55 Å². The molecule has 1 aromatic heterocycles. The number of hydrogen-bond donors (Lipinski definition) is 3. The van der Waals surface area contributed by atoms with Gasteiger partial charge in [0.05, 0.1) is 16.9 Å². The number of aryl methyl sites for hydroxylation is 1. The average molecular weight is 387 g/mol. The van der Waals surface area contributed by atoms with Gasteiger partial charge in [-0.15, -0.1) is 0 Å². The first-order valence-corrected chi connectivity index (χ1v) is 7.45. The van der Waals surface area contributed by atoms with E-state index in [2.05, 4.69) is 10.3 Å². The molecule has 146 valence electrons. The van der Waals surface area contributed by atoms with Crippen LogP contribution >= 0.6 is 0 Å². The number of imidazole rings is 1. The van der Waals surface area contributed by atoms with Gasteiger partial charge < -0.3 is 20.1 Å². The van der Waals surface area contributed by atoms with Crippen molar-refractivity contribution >= 4 is 23.5 Å². The zero-order chi connectivity index (χ0) is 20.8. The zero-order valence-electron chi connectivity index (χ0n) is 14.2. The number of hydrogen-bond acceptors (Lipinski definition) is 4. The number of rotatable bonds is 4. The van der Waals surface area contributed by atoms with E-state index in [-0.39, 0.29) is 11.5 Å². The molecule has 0 bridgehead atoms. The highest BCUT2D eigenvalue weighted by Crippen LogP contribution is 2.23. The van der Waals surface area contributed by atoms with Crippen LogP contribution in [-0.4, -0.2) is 43.8 Å². The molecule has 0 saturated heterocycles. The number of benzene rings is 1. The molecule has 1 heterocycles. The summed E-state index contributed by atoms with van der Waals surface area (Å²) >= 11 is 0. The maximum Gasteiger partial charge on any atom is 0.490 e. The lowest BCUT2D eigenvalue weighted by molar-refractivity contribution is -0.192. The van der Waals surface area contributed by atoms with E-state index < -0.39 is 18.1 Å². The number of anilines is 1. The molecule has 0 unspecified atom stereocenters. The fraction of sp³-hybridized carbons (Fsp3) is 0.250. The van der Waals surface area contributed by atoms with E-state index in [1.807, 2.05) is 6.92 Å². The number of aliphatic carboxylic acids is 1. The summed E-state index contributed by atoms with van der Waals surface area (Å²) in [4.78, 5) is 35.5. The molecule has 0 atom stereocenters. The first-order chi connectivity index (χ1) is 12.5. The summed E-state index contributed by atoms with van der Waals surface area (Å²) in [6, 6.07) is 4.56. The summed E-state index contributed by atoms with van der Waals surface area (Å²) in [5, 5.41) is 18.9. The average Bonchev–Trinajstić information content (AvgIpc) is 3.02. The summed E-state index contributed by atoms with van der Waals surface area (Å²) < 4.78 is 33.5. The van der Waals surface area contributed by atoms with Gasteiger partial charge in [-0.1, -0.05) is 6.92 Å². The number of nitrogens with one attached hydrogen (secondary N) is 1. The fourth-order valence-corrected chi connectivity index (χ4v) is 1.97. The van der Waals surface area contributed by atoms with Crippen LogP contribution in [0.25, 0.3) is 5.69 Å². The number of carboxylic acids is 2. The monoisotopic (exact) mass is 387 g/mol. The SMILES string of the molecule is CCc1nccn1-c1cc(C(=O)O)ccc1NC(C)=O.O=C(O)C(F)(F)F. The summed E-state index contributed by atoms with van der Waals surface area (Å²) in [7, 11) is 0. The normalized spacial score (nSPS) is 10.6. The third-order valence-electron chi connectivity index (χ3n) is 3.09. The highest BCUT2D eigenvalue weighted by molar-refractivity contribution is 5.94. The Hall–Kier alpha value is -3.37. The quantitative estimate of drug-likeness (QED) is 0.742. The van der Waals surface area contributed by atoms with E-state index in [0.717, 1.165) is 5.82 Å². The van der Waals surface area contributed by atoms with Crippen molar-refractivity contribution in [1.29, 1.82) is 0 Å². The van der Waals surface area contributed by atoms with Gasteiger partial charge in [0.25, 0.3) is 0 Å². The Bertz CT molecular complexity index is 846. The van der Waals surface area contributed by atoms with Gasteiger partial charge in [0.1, 0.15) is 5.82 Å². The van der Waals surface area contributed by atoms with Crippen LogP contribution in [-0.2, 0) is 16.0 Å². The molecule has 0 aliphatic rings. The molecule has 0 fully saturated rings. The minimum atomic E-state index is -5.08. The largest absolute Gasteiger partial charge is 0.490 e. The topological polar surface area (TPSA) is 122 Å². The molecular weight excluding hydrogens is 371 g/mol. The molecule has 1 amide bonds.